The molecule has 4 aromatic rings. The number of thioether (sulfide) groups is 1. The zero-order valence-electron chi connectivity index (χ0n) is 12.6. The summed E-state index contributed by atoms with van der Waals surface area (Å²) in [6.45, 7) is 0. The number of rotatable bonds is 4. The van der Waals surface area contributed by atoms with Gasteiger partial charge in [-0.1, -0.05) is 71.9 Å². The molecule has 4 nitrogen and oxygen atoms in total. The third-order valence-corrected chi connectivity index (χ3v) is 4.82. The number of fused-ring (bicyclic) bond motifs is 1. The summed E-state index contributed by atoms with van der Waals surface area (Å²) in [4.78, 5) is 8.81. The van der Waals surface area contributed by atoms with E-state index >= 15 is 0 Å². The summed E-state index contributed by atoms with van der Waals surface area (Å²) in [6.07, 6.45) is 1.73. The Balaban J connectivity index is 1.68. The van der Waals surface area contributed by atoms with Gasteiger partial charge in [0.05, 0.1) is 5.69 Å². The van der Waals surface area contributed by atoms with Gasteiger partial charge < -0.3 is 0 Å². The van der Waals surface area contributed by atoms with Crippen molar-refractivity contribution in [3.8, 4) is 11.3 Å². The van der Waals surface area contributed by atoms with E-state index in [-0.39, 0.29) is 0 Å². The maximum absolute atomic E-state index is 6.32. The largest absolute Gasteiger partial charge is 0.253 e. The third kappa shape index (κ3) is 3.00. The Morgan fingerprint density at radius 2 is 1.75 bits per heavy atom. The van der Waals surface area contributed by atoms with Crippen molar-refractivity contribution in [2.75, 3.05) is 0 Å². The lowest BCUT2D eigenvalue weighted by Crippen LogP contribution is -1.96. The van der Waals surface area contributed by atoms with E-state index in [1.54, 1.807) is 22.5 Å². The molecule has 0 aliphatic heterocycles. The molecule has 0 bridgehead atoms. The Morgan fingerprint density at radius 1 is 0.958 bits per heavy atom. The fraction of sp³-hybridized carbons (Fsp3) is 0.0556. The molecule has 4 rings (SSSR count). The summed E-state index contributed by atoms with van der Waals surface area (Å²) in [7, 11) is 0. The molecule has 0 N–H and O–H groups in total. The fourth-order valence-corrected chi connectivity index (χ4v) is 3.44. The van der Waals surface area contributed by atoms with E-state index in [0.29, 0.717) is 16.0 Å². The van der Waals surface area contributed by atoms with Gasteiger partial charge in [-0.15, -0.1) is 5.10 Å². The van der Waals surface area contributed by atoms with Crippen LogP contribution >= 0.6 is 23.4 Å². The number of hydrogen-bond donors (Lipinski definition) is 0. The minimum Gasteiger partial charge on any atom is -0.220 e. The highest BCUT2D eigenvalue weighted by atomic mass is 35.5. The lowest BCUT2D eigenvalue weighted by Gasteiger charge is -2.05. The summed E-state index contributed by atoms with van der Waals surface area (Å²) in [5.74, 6) is 1.39. The molecule has 0 atom stereocenters. The minimum absolute atomic E-state index is 0.572. The monoisotopic (exact) mass is 352 g/mol. The summed E-state index contributed by atoms with van der Waals surface area (Å²) >= 11 is 7.91. The maximum atomic E-state index is 6.32. The molecule has 0 spiro atoms. The summed E-state index contributed by atoms with van der Waals surface area (Å²) in [6, 6.07) is 19.9. The average Bonchev–Trinajstić information content (AvgIpc) is 3.04. The van der Waals surface area contributed by atoms with E-state index in [1.807, 2.05) is 48.5 Å². The number of hydrogen-bond acceptors (Lipinski definition) is 4. The molecule has 0 unspecified atom stereocenters. The van der Waals surface area contributed by atoms with Crippen molar-refractivity contribution < 1.29 is 0 Å². The first-order valence-corrected chi connectivity index (χ1v) is 8.81. The molecule has 2 heterocycles. The standard InChI is InChI=1S/C18H13ClN4S/c19-15-9-5-4-8-14(15)16-10-11-20-17-21-18(22-23(16)17)24-12-13-6-2-1-3-7-13/h1-11H,12H2. The van der Waals surface area contributed by atoms with Crippen molar-refractivity contribution in [2.24, 2.45) is 0 Å². The molecule has 0 radical (unpaired) electrons. The highest BCUT2D eigenvalue weighted by Gasteiger charge is 2.12. The van der Waals surface area contributed by atoms with E-state index in [2.05, 4.69) is 27.2 Å². The van der Waals surface area contributed by atoms with Crippen LogP contribution in [0.4, 0.5) is 0 Å². The Hall–Kier alpha value is -2.37. The van der Waals surface area contributed by atoms with Crippen molar-refractivity contribution in [2.45, 2.75) is 10.9 Å². The van der Waals surface area contributed by atoms with Gasteiger partial charge in [-0.3, -0.25) is 0 Å². The number of nitrogens with zero attached hydrogens (tertiary/aromatic N) is 4. The molecule has 6 heteroatoms. The van der Waals surface area contributed by atoms with Crippen LogP contribution in [0.5, 0.6) is 0 Å². The third-order valence-electron chi connectivity index (χ3n) is 3.58. The predicted molar refractivity (Wildman–Crippen MR) is 97.2 cm³/mol. The van der Waals surface area contributed by atoms with E-state index < -0.39 is 0 Å². The molecule has 0 fully saturated rings. The van der Waals surface area contributed by atoms with E-state index in [1.165, 1.54) is 5.56 Å². The van der Waals surface area contributed by atoms with E-state index in [4.69, 9.17) is 11.6 Å². The predicted octanol–water partition coefficient (Wildman–Crippen LogP) is 4.74. The first kappa shape index (κ1) is 15.2. The zero-order valence-corrected chi connectivity index (χ0v) is 14.2. The van der Waals surface area contributed by atoms with Crippen molar-refractivity contribution in [1.82, 2.24) is 19.6 Å². The van der Waals surface area contributed by atoms with Crippen LogP contribution in [0.2, 0.25) is 5.02 Å². The SMILES string of the molecule is Clc1ccccc1-c1ccnc2nc(SCc3ccccc3)nn12. The summed E-state index contributed by atoms with van der Waals surface area (Å²) < 4.78 is 1.74. The molecule has 0 saturated carbocycles. The number of aromatic nitrogens is 4. The van der Waals surface area contributed by atoms with Crippen LogP contribution < -0.4 is 0 Å². The highest BCUT2D eigenvalue weighted by molar-refractivity contribution is 7.98. The second kappa shape index (κ2) is 6.63. The van der Waals surface area contributed by atoms with Crippen LogP contribution in [-0.4, -0.2) is 19.6 Å². The van der Waals surface area contributed by atoms with E-state index in [9.17, 15) is 0 Å². The van der Waals surface area contributed by atoms with Crippen LogP contribution in [0.25, 0.3) is 17.0 Å². The van der Waals surface area contributed by atoms with Crippen LogP contribution in [0.3, 0.4) is 0 Å². The number of halogens is 1. The molecule has 0 saturated heterocycles. The van der Waals surface area contributed by atoms with Gasteiger partial charge >= 0.3 is 0 Å². The summed E-state index contributed by atoms with van der Waals surface area (Å²) in [5, 5.41) is 5.97. The van der Waals surface area contributed by atoms with Crippen LogP contribution in [-0.2, 0) is 5.75 Å². The van der Waals surface area contributed by atoms with Gasteiger partial charge in [0.15, 0.2) is 0 Å². The van der Waals surface area contributed by atoms with Gasteiger partial charge in [0.25, 0.3) is 5.78 Å². The molecule has 2 aromatic heterocycles. The van der Waals surface area contributed by atoms with Gasteiger partial charge in [0.2, 0.25) is 5.16 Å². The number of benzene rings is 2. The van der Waals surface area contributed by atoms with Crippen LogP contribution in [0, 0.1) is 0 Å². The van der Waals surface area contributed by atoms with Crippen molar-refractivity contribution in [1.29, 1.82) is 0 Å². The molecule has 24 heavy (non-hydrogen) atoms. The second-order valence-electron chi connectivity index (χ2n) is 5.19. The summed E-state index contributed by atoms with van der Waals surface area (Å²) in [5.41, 5.74) is 3.03. The Morgan fingerprint density at radius 3 is 2.58 bits per heavy atom. The van der Waals surface area contributed by atoms with Gasteiger partial charge in [-0.05, 0) is 17.7 Å². The van der Waals surface area contributed by atoms with Gasteiger partial charge in [0.1, 0.15) is 0 Å². The first-order valence-electron chi connectivity index (χ1n) is 7.45. The molecular formula is C18H13ClN4S. The smallest absolute Gasteiger partial charge is 0.220 e. The Labute approximate surface area is 148 Å². The molecule has 0 aliphatic rings. The lowest BCUT2D eigenvalue weighted by atomic mass is 10.1. The van der Waals surface area contributed by atoms with Crippen LogP contribution in [0.1, 0.15) is 5.56 Å². The zero-order chi connectivity index (χ0) is 16.4. The van der Waals surface area contributed by atoms with Crippen LogP contribution in [0.15, 0.2) is 72.0 Å². The molecule has 0 amide bonds. The molecule has 0 aliphatic carbocycles. The second-order valence-corrected chi connectivity index (χ2v) is 6.54. The quantitative estimate of drug-likeness (QED) is 0.498. The van der Waals surface area contributed by atoms with Gasteiger partial charge in [-0.2, -0.15) is 9.50 Å². The first-order chi connectivity index (χ1) is 11.8. The normalized spacial score (nSPS) is 11.0. The fourth-order valence-electron chi connectivity index (χ4n) is 2.43. The highest BCUT2D eigenvalue weighted by Crippen LogP contribution is 2.28. The molecular weight excluding hydrogens is 340 g/mol. The van der Waals surface area contributed by atoms with Crippen molar-refractivity contribution >= 4 is 29.1 Å². The van der Waals surface area contributed by atoms with Gasteiger partial charge in [0, 0.05) is 22.5 Å². The van der Waals surface area contributed by atoms with Crippen molar-refractivity contribution in [3.63, 3.8) is 0 Å². The topological polar surface area (TPSA) is 43.1 Å². The Bertz CT molecular complexity index is 985. The molecule has 118 valence electrons. The van der Waals surface area contributed by atoms with E-state index in [0.717, 1.165) is 17.0 Å². The average molecular weight is 353 g/mol. The van der Waals surface area contributed by atoms with Gasteiger partial charge in [-0.25, -0.2) is 4.98 Å². The minimum atomic E-state index is 0.572. The Kier molecular flexibility index (Phi) is 4.19. The lowest BCUT2D eigenvalue weighted by molar-refractivity contribution is 0.886. The molecule has 2 aromatic carbocycles. The van der Waals surface area contributed by atoms with Crippen molar-refractivity contribution in [3.05, 3.63) is 77.4 Å². The maximum Gasteiger partial charge on any atom is 0.253 e.